The molecule has 1 heterocycles. The van der Waals surface area contributed by atoms with E-state index in [4.69, 9.17) is 0 Å². The number of hydrogen-bond donors (Lipinski definition) is 1. The highest BCUT2D eigenvalue weighted by Gasteiger charge is 2.27. The van der Waals surface area contributed by atoms with Crippen molar-refractivity contribution in [2.24, 2.45) is 0 Å². The molecule has 0 atom stereocenters. The molecule has 0 aromatic heterocycles. The summed E-state index contributed by atoms with van der Waals surface area (Å²) in [4.78, 5) is 28.0. The first-order valence-corrected chi connectivity index (χ1v) is 7.53. The Morgan fingerprint density at radius 1 is 1.05 bits per heavy atom. The van der Waals surface area contributed by atoms with E-state index in [1.807, 2.05) is 0 Å². The fraction of sp³-hybridized carbons (Fsp3) is 0.857. The van der Waals surface area contributed by atoms with Crippen LogP contribution in [0.3, 0.4) is 0 Å². The third kappa shape index (κ3) is 3.93. The molecule has 2 fully saturated rings. The van der Waals surface area contributed by atoms with Gasteiger partial charge in [-0.3, -0.25) is 9.59 Å². The molecule has 108 valence electrons. The third-order valence-corrected chi connectivity index (χ3v) is 4.24. The van der Waals surface area contributed by atoms with Gasteiger partial charge in [0.2, 0.25) is 0 Å². The quantitative estimate of drug-likeness (QED) is 0.745. The molecular weight excluding hydrogens is 242 g/mol. The standard InChI is InChI=1S/C14H25N3O2/c1-2-16-8-10-17(11-9-16)14(19)13(18)15-12-6-4-3-5-7-12/h12H,2-11H2,1H3,(H,15,18). The molecule has 2 aliphatic rings. The van der Waals surface area contributed by atoms with E-state index in [0.717, 1.165) is 45.3 Å². The van der Waals surface area contributed by atoms with Crippen molar-refractivity contribution in [1.29, 1.82) is 0 Å². The topological polar surface area (TPSA) is 52.7 Å². The van der Waals surface area contributed by atoms with Crippen LogP contribution in [0.15, 0.2) is 0 Å². The second-order valence-corrected chi connectivity index (χ2v) is 5.53. The molecule has 1 saturated carbocycles. The second-order valence-electron chi connectivity index (χ2n) is 5.53. The number of likely N-dealkylation sites (N-methyl/N-ethyl adjacent to an activating group) is 1. The summed E-state index contributed by atoms with van der Waals surface area (Å²) in [5.41, 5.74) is 0. The summed E-state index contributed by atoms with van der Waals surface area (Å²) in [6, 6.07) is 0.210. The largest absolute Gasteiger partial charge is 0.345 e. The van der Waals surface area contributed by atoms with E-state index < -0.39 is 5.91 Å². The van der Waals surface area contributed by atoms with E-state index in [1.165, 1.54) is 6.42 Å². The number of amides is 2. The van der Waals surface area contributed by atoms with Gasteiger partial charge in [0.15, 0.2) is 0 Å². The van der Waals surface area contributed by atoms with E-state index in [2.05, 4.69) is 17.1 Å². The highest BCUT2D eigenvalue weighted by Crippen LogP contribution is 2.17. The fourth-order valence-corrected chi connectivity index (χ4v) is 2.90. The number of carbonyl (C=O) groups is 2. The first kappa shape index (κ1) is 14.3. The van der Waals surface area contributed by atoms with E-state index in [0.29, 0.717) is 13.1 Å². The number of nitrogens with zero attached hydrogens (tertiary/aromatic N) is 2. The maximum atomic E-state index is 12.1. The summed E-state index contributed by atoms with van der Waals surface area (Å²) < 4.78 is 0. The Kier molecular flexibility index (Phi) is 5.19. The summed E-state index contributed by atoms with van der Waals surface area (Å²) in [7, 11) is 0. The number of nitrogens with one attached hydrogen (secondary N) is 1. The average molecular weight is 267 g/mol. The summed E-state index contributed by atoms with van der Waals surface area (Å²) in [6.07, 6.45) is 5.60. The minimum Gasteiger partial charge on any atom is -0.345 e. The SMILES string of the molecule is CCN1CCN(C(=O)C(=O)NC2CCCCC2)CC1. The van der Waals surface area contributed by atoms with Gasteiger partial charge in [-0.1, -0.05) is 26.2 Å². The van der Waals surface area contributed by atoms with Gasteiger partial charge in [0.1, 0.15) is 0 Å². The Hall–Kier alpha value is -1.10. The van der Waals surface area contributed by atoms with E-state index in [9.17, 15) is 9.59 Å². The highest BCUT2D eigenvalue weighted by molar-refractivity contribution is 6.35. The zero-order chi connectivity index (χ0) is 13.7. The minimum absolute atomic E-state index is 0.210. The van der Waals surface area contributed by atoms with Crippen molar-refractivity contribution in [3.05, 3.63) is 0 Å². The molecule has 1 N–H and O–H groups in total. The van der Waals surface area contributed by atoms with Crippen molar-refractivity contribution < 1.29 is 9.59 Å². The summed E-state index contributed by atoms with van der Waals surface area (Å²) >= 11 is 0. The normalized spacial score (nSPS) is 22.3. The minimum atomic E-state index is -0.406. The van der Waals surface area contributed by atoms with Gasteiger partial charge in [0.05, 0.1) is 0 Å². The van der Waals surface area contributed by atoms with Gasteiger partial charge in [-0.25, -0.2) is 0 Å². The molecule has 1 aliphatic carbocycles. The molecule has 0 radical (unpaired) electrons. The Morgan fingerprint density at radius 3 is 2.26 bits per heavy atom. The Balaban J connectivity index is 1.77. The lowest BCUT2D eigenvalue weighted by Gasteiger charge is -2.34. The molecule has 19 heavy (non-hydrogen) atoms. The lowest BCUT2D eigenvalue weighted by molar-refractivity contribution is -0.147. The maximum Gasteiger partial charge on any atom is 0.311 e. The summed E-state index contributed by atoms with van der Waals surface area (Å²) in [5, 5.41) is 2.90. The van der Waals surface area contributed by atoms with E-state index >= 15 is 0 Å². The van der Waals surface area contributed by atoms with Gasteiger partial charge in [0.25, 0.3) is 0 Å². The van der Waals surface area contributed by atoms with Crippen LogP contribution < -0.4 is 5.32 Å². The van der Waals surface area contributed by atoms with Crippen LogP contribution in [0.4, 0.5) is 0 Å². The number of hydrogen-bond acceptors (Lipinski definition) is 3. The molecule has 1 saturated heterocycles. The predicted molar refractivity (Wildman–Crippen MR) is 73.7 cm³/mol. The lowest BCUT2D eigenvalue weighted by atomic mass is 9.95. The predicted octanol–water partition coefficient (Wildman–Crippen LogP) is 0.599. The lowest BCUT2D eigenvalue weighted by Crippen LogP contribution is -2.53. The van der Waals surface area contributed by atoms with Crippen molar-refractivity contribution in [1.82, 2.24) is 15.1 Å². The second kappa shape index (κ2) is 6.89. The zero-order valence-corrected chi connectivity index (χ0v) is 11.9. The van der Waals surface area contributed by atoms with Crippen molar-refractivity contribution in [3.8, 4) is 0 Å². The van der Waals surface area contributed by atoms with Gasteiger partial charge in [-0.05, 0) is 19.4 Å². The van der Waals surface area contributed by atoms with Crippen LogP contribution in [0.5, 0.6) is 0 Å². The molecule has 1 aliphatic heterocycles. The fourth-order valence-electron chi connectivity index (χ4n) is 2.90. The Morgan fingerprint density at radius 2 is 1.68 bits per heavy atom. The summed E-state index contributed by atoms with van der Waals surface area (Å²) in [5.74, 6) is -0.752. The van der Waals surface area contributed by atoms with Gasteiger partial charge >= 0.3 is 11.8 Å². The Bertz CT molecular complexity index is 319. The van der Waals surface area contributed by atoms with Crippen LogP contribution in [0.25, 0.3) is 0 Å². The first-order chi connectivity index (χ1) is 9.20. The molecule has 2 rings (SSSR count). The summed E-state index contributed by atoms with van der Waals surface area (Å²) in [6.45, 7) is 6.22. The number of piperazine rings is 1. The van der Waals surface area contributed by atoms with Crippen LogP contribution in [0, 0.1) is 0 Å². The van der Waals surface area contributed by atoms with Crippen molar-refractivity contribution in [3.63, 3.8) is 0 Å². The molecule has 2 amide bonds. The molecule has 0 aromatic carbocycles. The monoisotopic (exact) mass is 267 g/mol. The molecule has 0 spiro atoms. The third-order valence-electron chi connectivity index (χ3n) is 4.24. The average Bonchev–Trinajstić information content (AvgIpc) is 2.47. The van der Waals surface area contributed by atoms with Crippen LogP contribution in [0.2, 0.25) is 0 Å². The van der Waals surface area contributed by atoms with Gasteiger partial charge in [0, 0.05) is 32.2 Å². The maximum absolute atomic E-state index is 12.1. The zero-order valence-electron chi connectivity index (χ0n) is 11.9. The van der Waals surface area contributed by atoms with Gasteiger partial charge < -0.3 is 15.1 Å². The van der Waals surface area contributed by atoms with E-state index in [1.54, 1.807) is 4.90 Å². The highest BCUT2D eigenvalue weighted by atomic mass is 16.2. The van der Waals surface area contributed by atoms with Crippen LogP contribution in [-0.4, -0.2) is 60.4 Å². The van der Waals surface area contributed by atoms with Crippen LogP contribution in [0.1, 0.15) is 39.0 Å². The van der Waals surface area contributed by atoms with Crippen molar-refractivity contribution >= 4 is 11.8 Å². The van der Waals surface area contributed by atoms with Crippen molar-refractivity contribution in [2.45, 2.75) is 45.1 Å². The van der Waals surface area contributed by atoms with Gasteiger partial charge in [-0.15, -0.1) is 0 Å². The molecular formula is C14H25N3O2. The van der Waals surface area contributed by atoms with Gasteiger partial charge in [-0.2, -0.15) is 0 Å². The molecule has 0 unspecified atom stereocenters. The van der Waals surface area contributed by atoms with Crippen LogP contribution in [-0.2, 0) is 9.59 Å². The first-order valence-electron chi connectivity index (χ1n) is 7.53. The van der Waals surface area contributed by atoms with Crippen LogP contribution >= 0.6 is 0 Å². The van der Waals surface area contributed by atoms with Crippen molar-refractivity contribution in [2.75, 3.05) is 32.7 Å². The molecule has 0 bridgehead atoms. The molecule has 0 aromatic rings. The molecule has 5 heteroatoms. The Labute approximate surface area is 115 Å². The number of carbonyl (C=O) groups excluding carboxylic acids is 2. The van der Waals surface area contributed by atoms with E-state index in [-0.39, 0.29) is 11.9 Å². The smallest absolute Gasteiger partial charge is 0.311 e. The molecule has 5 nitrogen and oxygen atoms in total. The number of rotatable bonds is 2.